The Labute approximate surface area is 102 Å². The summed E-state index contributed by atoms with van der Waals surface area (Å²) in [5.74, 6) is 1.26. The highest BCUT2D eigenvalue weighted by Crippen LogP contribution is 2.23. The second-order valence-corrected chi connectivity index (χ2v) is 5.09. The number of nitrogen functional groups attached to an aromatic ring is 1. The number of hydrogen-bond acceptors (Lipinski definition) is 5. The minimum atomic E-state index is 0.502. The van der Waals surface area contributed by atoms with Crippen molar-refractivity contribution in [3.63, 3.8) is 0 Å². The first-order valence-electron chi connectivity index (χ1n) is 4.72. The van der Waals surface area contributed by atoms with Crippen LogP contribution in [0.25, 0.3) is 0 Å². The van der Waals surface area contributed by atoms with Gasteiger partial charge in [-0.2, -0.15) is 0 Å². The van der Waals surface area contributed by atoms with Crippen LogP contribution in [0.15, 0.2) is 18.5 Å². The fourth-order valence-electron chi connectivity index (χ4n) is 1.26. The van der Waals surface area contributed by atoms with Crippen LogP contribution in [0.2, 0.25) is 4.34 Å². The molecule has 0 atom stereocenters. The molecule has 0 unspecified atom stereocenters. The predicted molar refractivity (Wildman–Crippen MR) is 67.8 cm³/mol. The average molecular weight is 255 g/mol. The van der Waals surface area contributed by atoms with Gasteiger partial charge in [0.25, 0.3) is 0 Å². The van der Waals surface area contributed by atoms with Crippen molar-refractivity contribution in [2.75, 3.05) is 11.1 Å². The molecule has 0 aliphatic heterocycles. The van der Waals surface area contributed by atoms with Crippen LogP contribution in [0.3, 0.4) is 0 Å². The zero-order valence-corrected chi connectivity index (χ0v) is 10.3. The first kappa shape index (κ1) is 11.2. The fraction of sp³-hybridized carbons (Fsp3) is 0.200. The third-order valence-corrected chi connectivity index (χ3v) is 3.41. The minimum absolute atomic E-state index is 0.502. The van der Waals surface area contributed by atoms with Gasteiger partial charge in [-0.25, -0.2) is 9.97 Å². The van der Waals surface area contributed by atoms with Crippen LogP contribution in [0.4, 0.5) is 11.6 Å². The molecule has 0 aliphatic rings. The van der Waals surface area contributed by atoms with Gasteiger partial charge < -0.3 is 11.1 Å². The van der Waals surface area contributed by atoms with Gasteiger partial charge in [0.2, 0.25) is 0 Å². The summed E-state index contributed by atoms with van der Waals surface area (Å²) < 4.78 is 0.788. The van der Waals surface area contributed by atoms with Crippen molar-refractivity contribution in [1.29, 1.82) is 0 Å². The molecule has 0 bridgehead atoms. The largest absolute Gasteiger partial charge is 0.383 e. The summed E-state index contributed by atoms with van der Waals surface area (Å²) in [5.41, 5.74) is 6.55. The fourth-order valence-corrected chi connectivity index (χ4v) is 2.29. The van der Waals surface area contributed by atoms with Gasteiger partial charge in [0.15, 0.2) is 0 Å². The SMILES string of the molecule is Cc1c(N)ncnc1NCc1ccc(Cl)s1. The van der Waals surface area contributed by atoms with Gasteiger partial charge >= 0.3 is 0 Å². The van der Waals surface area contributed by atoms with E-state index in [0.29, 0.717) is 12.4 Å². The molecule has 0 radical (unpaired) electrons. The molecular weight excluding hydrogens is 244 g/mol. The highest BCUT2D eigenvalue weighted by Gasteiger charge is 2.04. The lowest BCUT2D eigenvalue weighted by Gasteiger charge is -2.07. The van der Waals surface area contributed by atoms with Crippen LogP contribution < -0.4 is 11.1 Å². The number of thiophene rings is 1. The summed E-state index contributed by atoms with van der Waals surface area (Å²) in [6.07, 6.45) is 1.45. The molecule has 0 fully saturated rings. The Morgan fingerprint density at radius 1 is 1.44 bits per heavy atom. The van der Waals surface area contributed by atoms with Crippen LogP contribution in [0.5, 0.6) is 0 Å². The number of nitrogens with zero attached hydrogens (tertiary/aromatic N) is 2. The van der Waals surface area contributed by atoms with Crippen molar-refractivity contribution in [2.45, 2.75) is 13.5 Å². The molecular formula is C10H11ClN4S. The minimum Gasteiger partial charge on any atom is -0.383 e. The summed E-state index contributed by atoms with van der Waals surface area (Å²) in [4.78, 5) is 9.19. The maximum Gasteiger partial charge on any atom is 0.134 e. The van der Waals surface area contributed by atoms with E-state index in [2.05, 4.69) is 15.3 Å². The van der Waals surface area contributed by atoms with E-state index >= 15 is 0 Å². The van der Waals surface area contributed by atoms with Crippen molar-refractivity contribution in [3.05, 3.63) is 33.2 Å². The first-order chi connectivity index (χ1) is 7.66. The van der Waals surface area contributed by atoms with Gasteiger partial charge in [-0.15, -0.1) is 11.3 Å². The molecule has 2 aromatic heterocycles. The van der Waals surface area contributed by atoms with E-state index in [1.807, 2.05) is 19.1 Å². The standard InChI is InChI=1S/C10H11ClN4S/c1-6-9(12)14-5-15-10(6)13-4-7-2-3-8(11)16-7/h2-3,5H,4H2,1H3,(H3,12,13,14,15). The Hall–Kier alpha value is -1.33. The number of nitrogens with two attached hydrogens (primary N) is 1. The average Bonchev–Trinajstić information content (AvgIpc) is 2.67. The molecule has 3 N–H and O–H groups in total. The molecule has 0 aromatic carbocycles. The van der Waals surface area contributed by atoms with E-state index in [4.69, 9.17) is 17.3 Å². The lowest BCUT2D eigenvalue weighted by Crippen LogP contribution is -2.05. The molecule has 0 saturated carbocycles. The zero-order valence-electron chi connectivity index (χ0n) is 8.70. The molecule has 16 heavy (non-hydrogen) atoms. The van der Waals surface area contributed by atoms with Crippen molar-refractivity contribution in [3.8, 4) is 0 Å². The highest BCUT2D eigenvalue weighted by molar-refractivity contribution is 7.16. The summed E-state index contributed by atoms with van der Waals surface area (Å²) >= 11 is 7.39. The number of nitrogens with one attached hydrogen (secondary N) is 1. The summed E-state index contributed by atoms with van der Waals surface area (Å²) in [5, 5.41) is 3.20. The monoisotopic (exact) mass is 254 g/mol. The maximum atomic E-state index is 5.84. The summed E-state index contributed by atoms with van der Waals surface area (Å²) in [6.45, 7) is 2.58. The Morgan fingerprint density at radius 3 is 2.94 bits per heavy atom. The van der Waals surface area contributed by atoms with Crippen molar-refractivity contribution in [1.82, 2.24) is 9.97 Å². The van der Waals surface area contributed by atoms with Gasteiger partial charge in [0.1, 0.15) is 18.0 Å². The van der Waals surface area contributed by atoms with E-state index in [1.54, 1.807) is 11.3 Å². The zero-order chi connectivity index (χ0) is 11.5. The molecule has 0 amide bonds. The molecule has 4 nitrogen and oxygen atoms in total. The molecule has 0 spiro atoms. The molecule has 6 heteroatoms. The van der Waals surface area contributed by atoms with Crippen LogP contribution in [0, 0.1) is 6.92 Å². The Kier molecular flexibility index (Phi) is 3.26. The number of rotatable bonds is 3. The van der Waals surface area contributed by atoms with Gasteiger partial charge in [-0.3, -0.25) is 0 Å². The van der Waals surface area contributed by atoms with Crippen LogP contribution in [-0.4, -0.2) is 9.97 Å². The van der Waals surface area contributed by atoms with E-state index in [-0.39, 0.29) is 0 Å². The first-order valence-corrected chi connectivity index (χ1v) is 5.91. The Morgan fingerprint density at radius 2 is 2.25 bits per heavy atom. The van der Waals surface area contributed by atoms with Crippen molar-refractivity contribution in [2.24, 2.45) is 0 Å². The van der Waals surface area contributed by atoms with E-state index in [9.17, 15) is 0 Å². The Bertz CT molecular complexity index is 497. The third kappa shape index (κ3) is 2.43. The van der Waals surface area contributed by atoms with Crippen molar-refractivity contribution >= 4 is 34.6 Å². The van der Waals surface area contributed by atoms with Crippen LogP contribution >= 0.6 is 22.9 Å². The van der Waals surface area contributed by atoms with Crippen LogP contribution in [0.1, 0.15) is 10.4 Å². The van der Waals surface area contributed by atoms with Crippen molar-refractivity contribution < 1.29 is 0 Å². The molecule has 0 saturated heterocycles. The predicted octanol–water partition coefficient (Wildman–Crippen LogP) is 2.69. The summed E-state index contributed by atoms with van der Waals surface area (Å²) in [6, 6.07) is 3.87. The van der Waals surface area contributed by atoms with Gasteiger partial charge in [0.05, 0.1) is 10.9 Å². The lowest BCUT2D eigenvalue weighted by atomic mass is 10.3. The molecule has 84 valence electrons. The maximum absolute atomic E-state index is 5.84. The number of aromatic nitrogens is 2. The molecule has 2 rings (SSSR count). The van der Waals surface area contributed by atoms with E-state index in [0.717, 1.165) is 20.6 Å². The lowest BCUT2D eigenvalue weighted by molar-refractivity contribution is 1.08. The topological polar surface area (TPSA) is 63.8 Å². The number of anilines is 2. The summed E-state index contributed by atoms with van der Waals surface area (Å²) in [7, 11) is 0. The van der Waals surface area contributed by atoms with E-state index in [1.165, 1.54) is 6.33 Å². The van der Waals surface area contributed by atoms with Gasteiger partial charge in [0, 0.05) is 10.4 Å². The van der Waals surface area contributed by atoms with Crippen LogP contribution in [-0.2, 0) is 6.54 Å². The second kappa shape index (κ2) is 4.67. The molecule has 0 aliphatic carbocycles. The van der Waals surface area contributed by atoms with Gasteiger partial charge in [-0.05, 0) is 19.1 Å². The molecule has 2 heterocycles. The Balaban J connectivity index is 2.07. The smallest absolute Gasteiger partial charge is 0.134 e. The number of halogens is 1. The second-order valence-electron chi connectivity index (χ2n) is 3.29. The molecule has 2 aromatic rings. The quantitative estimate of drug-likeness (QED) is 0.884. The third-order valence-electron chi connectivity index (χ3n) is 2.18. The van der Waals surface area contributed by atoms with E-state index < -0.39 is 0 Å². The number of hydrogen-bond donors (Lipinski definition) is 2. The normalized spacial score (nSPS) is 10.4. The highest BCUT2D eigenvalue weighted by atomic mass is 35.5. The van der Waals surface area contributed by atoms with Gasteiger partial charge in [-0.1, -0.05) is 11.6 Å².